The lowest BCUT2D eigenvalue weighted by atomic mass is 9.64. The minimum atomic E-state index is -0.362. The van der Waals surface area contributed by atoms with Gasteiger partial charge in [0.05, 0.1) is 4.47 Å². The summed E-state index contributed by atoms with van der Waals surface area (Å²) in [4.78, 5) is 11.2. The summed E-state index contributed by atoms with van der Waals surface area (Å²) < 4.78 is 25.8. The molecule has 0 saturated heterocycles. The molecule has 0 heterocycles. The van der Waals surface area contributed by atoms with Gasteiger partial charge in [0.1, 0.15) is 24.8 Å². The van der Waals surface area contributed by atoms with Gasteiger partial charge in [0, 0.05) is 17.9 Å². The predicted octanol–water partition coefficient (Wildman–Crippen LogP) is 5.15. The third kappa shape index (κ3) is 4.03. The van der Waals surface area contributed by atoms with E-state index in [9.17, 15) is 9.18 Å². The van der Waals surface area contributed by atoms with Crippen LogP contribution in [0.2, 0.25) is 0 Å². The average molecular weight is 407 g/mol. The van der Waals surface area contributed by atoms with E-state index in [2.05, 4.69) is 15.9 Å². The van der Waals surface area contributed by atoms with Gasteiger partial charge in [-0.15, -0.1) is 0 Å². The van der Waals surface area contributed by atoms with E-state index in [1.54, 1.807) is 6.07 Å². The molecule has 0 bridgehead atoms. The van der Waals surface area contributed by atoms with Crippen LogP contribution in [0.5, 0.6) is 5.75 Å². The van der Waals surface area contributed by atoms with Gasteiger partial charge in [0.15, 0.2) is 0 Å². The first-order valence-corrected chi connectivity index (χ1v) is 9.09. The van der Waals surface area contributed by atoms with Crippen LogP contribution in [-0.4, -0.2) is 12.6 Å². The van der Waals surface area contributed by atoms with E-state index in [0.717, 1.165) is 30.4 Å². The number of esters is 1. The fourth-order valence-electron chi connectivity index (χ4n) is 3.13. The number of carbonyl (C=O) groups is 1. The van der Waals surface area contributed by atoms with Crippen molar-refractivity contribution in [3.63, 3.8) is 0 Å². The maximum atomic E-state index is 14.2. The molecule has 0 unspecified atom stereocenters. The highest BCUT2D eigenvalue weighted by Crippen LogP contribution is 2.48. The summed E-state index contributed by atoms with van der Waals surface area (Å²) in [5.41, 5.74) is 1.45. The van der Waals surface area contributed by atoms with Gasteiger partial charge < -0.3 is 9.47 Å². The second-order valence-corrected chi connectivity index (χ2v) is 7.31. The molecule has 0 atom stereocenters. The zero-order chi connectivity index (χ0) is 17.9. The van der Waals surface area contributed by atoms with Crippen LogP contribution in [0.4, 0.5) is 4.39 Å². The summed E-state index contributed by atoms with van der Waals surface area (Å²) in [6.07, 6.45) is 2.73. The lowest BCUT2D eigenvalue weighted by Crippen LogP contribution is -2.40. The molecule has 0 aliphatic heterocycles. The minimum absolute atomic E-state index is 0.255. The van der Waals surface area contributed by atoms with Crippen molar-refractivity contribution in [3.05, 3.63) is 63.9 Å². The molecule has 2 aromatic carbocycles. The fourth-order valence-corrected chi connectivity index (χ4v) is 3.45. The molecule has 0 spiro atoms. The number of benzene rings is 2. The van der Waals surface area contributed by atoms with E-state index >= 15 is 0 Å². The highest BCUT2D eigenvalue weighted by Gasteiger charge is 2.42. The van der Waals surface area contributed by atoms with Crippen molar-refractivity contribution < 1.29 is 18.7 Å². The normalized spacial score (nSPS) is 15.3. The topological polar surface area (TPSA) is 35.5 Å². The zero-order valence-corrected chi connectivity index (χ0v) is 15.6. The van der Waals surface area contributed by atoms with E-state index in [1.807, 2.05) is 30.3 Å². The Bertz CT molecular complexity index is 757. The Labute approximate surface area is 155 Å². The van der Waals surface area contributed by atoms with Crippen LogP contribution in [0.25, 0.3) is 0 Å². The number of rotatable bonds is 6. The predicted molar refractivity (Wildman–Crippen MR) is 97.0 cm³/mol. The van der Waals surface area contributed by atoms with Gasteiger partial charge in [-0.1, -0.05) is 36.8 Å². The van der Waals surface area contributed by atoms with Gasteiger partial charge in [-0.25, -0.2) is 4.39 Å². The molecule has 1 aliphatic rings. The summed E-state index contributed by atoms with van der Waals surface area (Å²) in [7, 11) is 0. The molecule has 0 N–H and O–H groups in total. The molecule has 2 aromatic rings. The second-order valence-electron chi connectivity index (χ2n) is 6.45. The second kappa shape index (κ2) is 7.56. The van der Waals surface area contributed by atoms with Crippen molar-refractivity contribution in [2.75, 3.05) is 6.61 Å². The Kier molecular flexibility index (Phi) is 5.42. The van der Waals surface area contributed by atoms with Gasteiger partial charge in [0.25, 0.3) is 0 Å². The smallest absolute Gasteiger partial charge is 0.302 e. The first-order chi connectivity index (χ1) is 12.0. The van der Waals surface area contributed by atoms with Crippen molar-refractivity contribution in [2.24, 2.45) is 0 Å². The Morgan fingerprint density at radius 1 is 1.24 bits per heavy atom. The highest BCUT2D eigenvalue weighted by molar-refractivity contribution is 9.10. The van der Waals surface area contributed by atoms with E-state index < -0.39 is 0 Å². The summed E-state index contributed by atoms with van der Waals surface area (Å²) in [6.45, 7) is 2.04. The maximum Gasteiger partial charge on any atom is 0.302 e. The molecule has 3 nitrogen and oxygen atoms in total. The molecule has 1 saturated carbocycles. The van der Waals surface area contributed by atoms with Crippen LogP contribution < -0.4 is 4.74 Å². The molecule has 0 amide bonds. The van der Waals surface area contributed by atoms with E-state index in [-0.39, 0.29) is 23.8 Å². The van der Waals surface area contributed by atoms with E-state index in [4.69, 9.17) is 9.47 Å². The summed E-state index contributed by atoms with van der Waals surface area (Å²) in [5, 5.41) is 0. The number of hydrogen-bond donors (Lipinski definition) is 0. The Morgan fingerprint density at radius 2 is 1.96 bits per heavy atom. The lowest BCUT2D eigenvalue weighted by Gasteiger charge is -2.42. The molecule has 3 rings (SSSR count). The third-order valence-electron chi connectivity index (χ3n) is 4.69. The minimum Gasteiger partial charge on any atom is -0.489 e. The zero-order valence-electron chi connectivity index (χ0n) is 14.1. The first kappa shape index (κ1) is 17.9. The van der Waals surface area contributed by atoms with E-state index in [1.165, 1.54) is 13.0 Å². The third-order valence-corrected chi connectivity index (χ3v) is 5.30. The first-order valence-electron chi connectivity index (χ1n) is 8.30. The van der Waals surface area contributed by atoms with Crippen LogP contribution in [0.1, 0.15) is 37.3 Å². The average Bonchev–Trinajstić information content (AvgIpc) is 2.56. The monoisotopic (exact) mass is 406 g/mol. The SMILES string of the molecule is CC(=O)OCC1(c2cc(F)c(Br)cc2OCc2ccccc2)CCC1. The van der Waals surface area contributed by atoms with Gasteiger partial charge in [0.2, 0.25) is 0 Å². The van der Waals surface area contributed by atoms with Crippen molar-refractivity contribution in [2.45, 2.75) is 38.2 Å². The van der Waals surface area contributed by atoms with Gasteiger partial charge >= 0.3 is 5.97 Å². The van der Waals surface area contributed by atoms with Gasteiger partial charge in [-0.2, -0.15) is 0 Å². The summed E-state index contributed by atoms with van der Waals surface area (Å²) >= 11 is 3.24. The molecule has 0 aromatic heterocycles. The number of hydrogen-bond acceptors (Lipinski definition) is 3. The van der Waals surface area contributed by atoms with Crippen LogP contribution in [-0.2, 0) is 21.6 Å². The van der Waals surface area contributed by atoms with Crippen LogP contribution >= 0.6 is 15.9 Å². The lowest BCUT2D eigenvalue weighted by molar-refractivity contribution is -0.144. The van der Waals surface area contributed by atoms with E-state index in [0.29, 0.717) is 16.8 Å². The van der Waals surface area contributed by atoms with Crippen molar-refractivity contribution in [3.8, 4) is 5.75 Å². The summed E-state index contributed by atoms with van der Waals surface area (Å²) in [5.74, 6) is -0.0317. The largest absolute Gasteiger partial charge is 0.489 e. The highest BCUT2D eigenvalue weighted by atomic mass is 79.9. The van der Waals surface area contributed by atoms with Gasteiger partial charge in [-0.05, 0) is 46.5 Å². The quantitative estimate of drug-likeness (QED) is 0.622. The molecular weight excluding hydrogens is 387 g/mol. The number of carbonyl (C=O) groups excluding carboxylic acids is 1. The molecule has 132 valence electrons. The molecule has 1 fully saturated rings. The molecule has 1 aliphatic carbocycles. The van der Waals surface area contributed by atoms with Crippen molar-refractivity contribution in [1.29, 1.82) is 0 Å². The molecule has 25 heavy (non-hydrogen) atoms. The van der Waals surface area contributed by atoms with Crippen LogP contribution in [0, 0.1) is 5.82 Å². The maximum absolute atomic E-state index is 14.2. The van der Waals surface area contributed by atoms with Crippen LogP contribution in [0.15, 0.2) is 46.9 Å². The van der Waals surface area contributed by atoms with Crippen molar-refractivity contribution in [1.82, 2.24) is 0 Å². The van der Waals surface area contributed by atoms with Crippen molar-refractivity contribution >= 4 is 21.9 Å². The Balaban J connectivity index is 1.89. The molecule has 5 heteroatoms. The van der Waals surface area contributed by atoms with Gasteiger partial charge in [-0.3, -0.25) is 4.79 Å². The summed E-state index contributed by atoms with van der Waals surface area (Å²) in [6, 6.07) is 13.0. The standard InChI is InChI=1S/C20H20BrFO3/c1-14(23)25-13-20(8-5-9-20)16-10-18(22)17(21)11-19(16)24-12-15-6-3-2-4-7-15/h2-4,6-7,10-11H,5,8-9,12-13H2,1H3. The Morgan fingerprint density at radius 3 is 2.56 bits per heavy atom. The molecule has 0 radical (unpaired) electrons. The van der Waals surface area contributed by atoms with Crippen LogP contribution in [0.3, 0.4) is 0 Å². The number of ether oxygens (including phenoxy) is 2. The number of halogens is 2. The fraction of sp³-hybridized carbons (Fsp3) is 0.350. The molecular formula is C20H20BrFO3. The Hall–Kier alpha value is -1.88.